The fourth-order valence-electron chi connectivity index (χ4n) is 4.05. The summed E-state index contributed by atoms with van der Waals surface area (Å²) in [5.41, 5.74) is 9.55. The van der Waals surface area contributed by atoms with Crippen molar-refractivity contribution in [3.63, 3.8) is 0 Å². The normalized spacial score (nSPS) is 11.9. The minimum Gasteiger partial charge on any atom is -0.232 e. The minimum absolute atomic E-state index is 1.27. The Hall–Kier alpha value is -2.35. The molecule has 0 aliphatic heterocycles. The Morgan fingerprint density at radius 2 is 1.52 bits per heavy atom. The summed E-state index contributed by atoms with van der Waals surface area (Å²) in [6.45, 7) is 11.2. The van der Waals surface area contributed by atoms with Gasteiger partial charge in [0, 0.05) is 16.3 Å². The van der Waals surface area contributed by atoms with Crippen LogP contribution in [0.5, 0.6) is 0 Å². The molecule has 23 heavy (non-hydrogen) atoms. The average Bonchev–Trinajstić information content (AvgIpc) is 2.91. The van der Waals surface area contributed by atoms with E-state index in [2.05, 4.69) is 81.2 Å². The first-order valence-corrected chi connectivity index (χ1v) is 8.21. The average molecular weight is 303 g/mol. The second kappa shape index (κ2) is 4.58. The van der Waals surface area contributed by atoms with Gasteiger partial charge in [-0.05, 0) is 56.9 Å². The van der Waals surface area contributed by atoms with Crippen molar-refractivity contribution in [3.05, 3.63) is 58.4 Å². The lowest BCUT2D eigenvalue weighted by molar-refractivity contribution is -0.643. The van der Waals surface area contributed by atoms with E-state index in [1.165, 1.54) is 55.1 Å². The van der Waals surface area contributed by atoms with Crippen LogP contribution in [-0.2, 0) is 7.05 Å². The maximum absolute atomic E-state index is 2.37. The second-order valence-corrected chi connectivity index (χ2v) is 6.82. The molecule has 0 N–H and O–H groups in total. The highest BCUT2D eigenvalue weighted by Crippen LogP contribution is 2.36. The Kier molecular flexibility index (Phi) is 2.84. The predicted octanol–water partition coefficient (Wildman–Crippen LogP) is 4.61. The van der Waals surface area contributed by atoms with Gasteiger partial charge in [-0.15, -0.1) is 0 Å². The van der Waals surface area contributed by atoms with Crippen LogP contribution in [0.3, 0.4) is 0 Å². The molecule has 0 saturated carbocycles. The summed E-state index contributed by atoms with van der Waals surface area (Å²) in [6, 6.07) is 6.67. The van der Waals surface area contributed by atoms with Crippen LogP contribution in [0, 0.1) is 34.6 Å². The minimum atomic E-state index is 1.27. The number of nitrogens with zero attached hydrogens (tertiary/aromatic N) is 2. The van der Waals surface area contributed by atoms with Gasteiger partial charge in [0.15, 0.2) is 0 Å². The van der Waals surface area contributed by atoms with Gasteiger partial charge < -0.3 is 0 Å². The van der Waals surface area contributed by atoms with Gasteiger partial charge in [-0.3, -0.25) is 0 Å². The highest BCUT2D eigenvalue weighted by atomic mass is 15.1. The van der Waals surface area contributed by atoms with Gasteiger partial charge in [0.05, 0.1) is 12.4 Å². The van der Waals surface area contributed by atoms with Crippen molar-refractivity contribution in [2.45, 2.75) is 34.6 Å². The van der Waals surface area contributed by atoms with Crippen LogP contribution in [0.15, 0.2) is 30.6 Å². The molecule has 2 nitrogen and oxygen atoms in total. The Labute approximate surface area is 137 Å². The number of aryl methyl sites for hydroxylation is 4. The SMILES string of the molecule is Cc1c(C)c(C)c2c(c1C)c1cccc(C)c1c1n2cc[n+]1C. The molecule has 0 spiro atoms. The lowest BCUT2D eigenvalue weighted by Gasteiger charge is -2.15. The largest absolute Gasteiger partial charge is 0.294 e. The number of fused-ring (bicyclic) bond motifs is 6. The quantitative estimate of drug-likeness (QED) is 0.331. The fraction of sp³-hybridized carbons (Fsp3) is 0.286. The third-order valence-electron chi connectivity index (χ3n) is 5.66. The molecule has 0 atom stereocenters. The lowest BCUT2D eigenvalue weighted by atomic mass is 9.91. The van der Waals surface area contributed by atoms with Crippen LogP contribution in [0.1, 0.15) is 27.8 Å². The van der Waals surface area contributed by atoms with Crippen LogP contribution >= 0.6 is 0 Å². The summed E-state index contributed by atoms with van der Waals surface area (Å²) in [6.07, 6.45) is 4.36. The van der Waals surface area contributed by atoms with Crippen molar-refractivity contribution < 1.29 is 4.57 Å². The molecular formula is C21H23N2+. The summed E-state index contributed by atoms with van der Waals surface area (Å²) in [5, 5.41) is 4.12. The second-order valence-electron chi connectivity index (χ2n) is 6.82. The van der Waals surface area contributed by atoms with Crippen LogP contribution < -0.4 is 4.57 Å². The number of benzene rings is 2. The maximum atomic E-state index is 2.37. The molecule has 2 heterocycles. The molecule has 2 aromatic carbocycles. The summed E-state index contributed by atoms with van der Waals surface area (Å²) >= 11 is 0. The summed E-state index contributed by atoms with van der Waals surface area (Å²) in [7, 11) is 2.14. The van der Waals surface area contributed by atoms with Crippen molar-refractivity contribution in [3.8, 4) is 0 Å². The number of aromatic nitrogens is 2. The van der Waals surface area contributed by atoms with E-state index in [9.17, 15) is 0 Å². The van der Waals surface area contributed by atoms with Crippen molar-refractivity contribution in [1.82, 2.24) is 4.40 Å². The highest BCUT2D eigenvalue weighted by molar-refractivity contribution is 6.14. The molecule has 116 valence electrons. The zero-order valence-electron chi connectivity index (χ0n) is 14.8. The van der Waals surface area contributed by atoms with E-state index < -0.39 is 0 Å². The zero-order chi connectivity index (χ0) is 16.5. The highest BCUT2D eigenvalue weighted by Gasteiger charge is 2.23. The molecule has 0 saturated heterocycles. The number of hydrogen-bond acceptors (Lipinski definition) is 0. The Morgan fingerprint density at radius 1 is 0.826 bits per heavy atom. The first-order chi connectivity index (χ1) is 10.9. The van der Waals surface area contributed by atoms with E-state index in [4.69, 9.17) is 0 Å². The molecule has 0 aliphatic rings. The van der Waals surface area contributed by atoms with E-state index in [0.29, 0.717) is 0 Å². The van der Waals surface area contributed by atoms with Crippen LogP contribution in [0.4, 0.5) is 0 Å². The molecular weight excluding hydrogens is 280 g/mol. The van der Waals surface area contributed by atoms with Crippen molar-refractivity contribution in [2.24, 2.45) is 7.05 Å². The van der Waals surface area contributed by atoms with Crippen LogP contribution in [0.25, 0.3) is 27.3 Å². The van der Waals surface area contributed by atoms with Crippen molar-refractivity contribution >= 4 is 27.3 Å². The predicted molar refractivity (Wildman–Crippen MR) is 97.3 cm³/mol. The summed E-state index contributed by atoms with van der Waals surface area (Å²) in [4.78, 5) is 0. The summed E-state index contributed by atoms with van der Waals surface area (Å²) < 4.78 is 4.61. The Morgan fingerprint density at radius 3 is 2.26 bits per heavy atom. The Bertz CT molecular complexity index is 1110. The van der Waals surface area contributed by atoms with E-state index in [1.807, 2.05) is 0 Å². The standard InChI is InChI=1S/C21H23N2/c1-12-8-7-9-17-18(12)21-22(6)10-11-23(21)20-16(5)14(3)13(2)15(4)19(17)20/h7-11H,1-6H3/q+1. The fourth-order valence-corrected chi connectivity index (χ4v) is 4.05. The monoisotopic (exact) mass is 303 g/mol. The molecule has 0 fully saturated rings. The van der Waals surface area contributed by atoms with Gasteiger partial charge in [0.2, 0.25) is 0 Å². The zero-order valence-corrected chi connectivity index (χ0v) is 14.8. The molecule has 0 unspecified atom stereocenters. The van der Waals surface area contributed by atoms with E-state index in [0.717, 1.165) is 0 Å². The molecule has 0 bridgehead atoms. The smallest absolute Gasteiger partial charge is 0.232 e. The third kappa shape index (κ3) is 1.66. The topological polar surface area (TPSA) is 8.29 Å². The third-order valence-corrected chi connectivity index (χ3v) is 5.66. The molecule has 2 aromatic heterocycles. The molecule has 0 radical (unpaired) electrons. The number of rotatable bonds is 0. The van der Waals surface area contributed by atoms with Gasteiger partial charge in [-0.1, -0.05) is 18.2 Å². The molecule has 4 aromatic rings. The van der Waals surface area contributed by atoms with E-state index in [-0.39, 0.29) is 0 Å². The number of imidazole rings is 1. The first-order valence-electron chi connectivity index (χ1n) is 8.21. The van der Waals surface area contributed by atoms with Crippen molar-refractivity contribution in [1.29, 1.82) is 0 Å². The Balaban J connectivity index is 2.53. The lowest BCUT2D eigenvalue weighted by Crippen LogP contribution is -2.26. The van der Waals surface area contributed by atoms with Crippen LogP contribution in [0.2, 0.25) is 0 Å². The van der Waals surface area contributed by atoms with Gasteiger partial charge in [-0.25, -0.2) is 4.57 Å². The van der Waals surface area contributed by atoms with Crippen LogP contribution in [-0.4, -0.2) is 4.40 Å². The van der Waals surface area contributed by atoms with Gasteiger partial charge in [0.25, 0.3) is 5.65 Å². The maximum Gasteiger partial charge on any atom is 0.294 e. The molecule has 0 aliphatic carbocycles. The molecule has 4 rings (SSSR count). The number of pyridine rings is 1. The number of hydrogen-bond donors (Lipinski definition) is 0. The van der Waals surface area contributed by atoms with Gasteiger partial charge in [0.1, 0.15) is 17.9 Å². The van der Waals surface area contributed by atoms with Crippen molar-refractivity contribution in [2.75, 3.05) is 0 Å². The van der Waals surface area contributed by atoms with Gasteiger partial charge >= 0.3 is 0 Å². The van der Waals surface area contributed by atoms with Gasteiger partial charge in [-0.2, -0.15) is 4.40 Å². The summed E-state index contributed by atoms with van der Waals surface area (Å²) in [5.74, 6) is 0. The van der Waals surface area contributed by atoms with E-state index in [1.54, 1.807) is 0 Å². The van der Waals surface area contributed by atoms with E-state index >= 15 is 0 Å². The molecule has 0 amide bonds. The first kappa shape index (κ1) is 14.3. The molecule has 2 heteroatoms.